The highest BCUT2D eigenvalue weighted by Crippen LogP contribution is 2.20. The summed E-state index contributed by atoms with van der Waals surface area (Å²) >= 11 is 0. The Morgan fingerprint density at radius 3 is 2.60 bits per heavy atom. The molecule has 6 heteroatoms. The summed E-state index contributed by atoms with van der Waals surface area (Å²) in [5.41, 5.74) is 1.61. The quantitative estimate of drug-likeness (QED) is 0.927. The predicted octanol–water partition coefficient (Wildman–Crippen LogP) is 3.18. The van der Waals surface area contributed by atoms with Gasteiger partial charge in [-0.2, -0.15) is 0 Å². The number of benzene rings is 2. The molecule has 1 N–H and O–H groups in total. The molecular weight excluding hydrogens is 321 g/mol. The number of anilines is 1. The van der Waals surface area contributed by atoms with E-state index in [2.05, 4.69) is 16.3 Å². The molecule has 2 amide bonds. The van der Waals surface area contributed by atoms with E-state index in [0.717, 1.165) is 30.9 Å². The minimum Gasteiger partial charge on any atom is -0.496 e. The number of ether oxygens (including phenoxy) is 1. The highest BCUT2D eigenvalue weighted by Gasteiger charge is 2.21. The van der Waals surface area contributed by atoms with Crippen molar-refractivity contribution in [2.24, 2.45) is 0 Å². The lowest BCUT2D eigenvalue weighted by atomic mass is 10.1. The van der Waals surface area contributed by atoms with Crippen molar-refractivity contribution in [3.8, 4) is 5.75 Å². The minimum absolute atomic E-state index is 0.192. The molecule has 2 aromatic rings. The van der Waals surface area contributed by atoms with Crippen molar-refractivity contribution in [2.45, 2.75) is 6.54 Å². The first-order valence-corrected chi connectivity index (χ1v) is 8.31. The van der Waals surface area contributed by atoms with Gasteiger partial charge in [0, 0.05) is 44.0 Å². The molecule has 2 aromatic carbocycles. The number of nitrogens with one attached hydrogen (secondary N) is 1. The number of urea groups is 1. The third kappa shape index (κ3) is 4.48. The molecule has 1 heterocycles. The number of rotatable bonds is 4. The van der Waals surface area contributed by atoms with Crippen LogP contribution in [0.3, 0.4) is 0 Å². The lowest BCUT2D eigenvalue weighted by Gasteiger charge is -2.34. The smallest absolute Gasteiger partial charge is 0.321 e. The van der Waals surface area contributed by atoms with Gasteiger partial charge in [0.05, 0.1) is 7.11 Å². The average molecular weight is 343 g/mol. The molecule has 1 aliphatic heterocycles. The molecule has 0 aliphatic carbocycles. The Morgan fingerprint density at radius 2 is 1.88 bits per heavy atom. The van der Waals surface area contributed by atoms with Crippen LogP contribution in [-0.2, 0) is 6.54 Å². The zero-order valence-electron chi connectivity index (χ0n) is 14.2. The van der Waals surface area contributed by atoms with Crippen molar-refractivity contribution in [3.05, 3.63) is 59.9 Å². The maximum atomic E-state index is 13.2. The fourth-order valence-electron chi connectivity index (χ4n) is 2.95. The summed E-state index contributed by atoms with van der Waals surface area (Å²) in [5, 5.41) is 2.74. The van der Waals surface area contributed by atoms with E-state index in [1.165, 1.54) is 12.1 Å². The van der Waals surface area contributed by atoms with Gasteiger partial charge in [-0.05, 0) is 24.3 Å². The first-order chi connectivity index (χ1) is 12.2. The van der Waals surface area contributed by atoms with Crippen molar-refractivity contribution < 1.29 is 13.9 Å². The van der Waals surface area contributed by atoms with Crippen LogP contribution >= 0.6 is 0 Å². The van der Waals surface area contributed by atoms with Crippen molar-refractivity contribution in [1.82, 2.24) is 9.80 Å². The first-order valence-electron chi connectivity index (χ1n) is 8.31. The van der Waals surface area contributed by atoms with Gasteiger partial charge >= 0.3 is 6.03 Å². The summed E-state index contributed by atoms with van der Waals surface area (Å²) in [6.45, 7) is 3.64. The molecule has 0 aromatic heterocycles. The van der Waals surface area contributed by atoms with Crippen molar-refractivity contribution in [3.63, 3.8) is 0 Å². The monoisotopic (exact) mass is 343 g/mol. The van der Waals surface area contributed by atoms with Crippen LogP contribution in [0.25, 0.3) is 0 Å². The van der Waals surface area contributed by atoms with Crippen LogP contribution in [0.1, 0.15) is 5.56 Å². The summed E-state index contributed by atoms with van der Waals surface area (Å²) in [5.74, 6) is 0.521. The number of hydrogen-bond donors (Lipinski definition) is 1. The van der Waals surface area contributed by atoms with Gasteiger partial charge in [-0.1, -0.05) is 24.3 Å². The molecule has 1 fully saturated rings. The third-order valence-electron chi connectivity index (χ3n) is 4.32. The maximum Gasteiger partial charge on any atom is 0.321 e. The summed E-state index contributed by atoms with van der Waals surface area (Å²) in [6.07, 6.45) is 0. The van der Waals surface area contributed by atoms with Crippen LogP contribution in [0.2, 0.25) is 0 Å². The third-order valence-corrected chi connectivity index (χ3v) is 4.32. The lowest BCUT2D eigenvalue weighted by molar-refractivity contribution is 0.142. The Hall–Kier alpha value is -2.60. The van der Waals surface area contributed by atoms with E-state index in [4.69, 9.17) is 4.74 Å². The highest BCUT2D eigenvalue weighted by molar-refractivity contribution is 5.89. The van der Waals surface area contributed by atoms with E-state index in [1.54, 1.807) is 24.1 Å². The van der Waals surface area contributed by atoms with E-state index in [-0.39, 0.29) is 11.8 Å². The fourth-order valence-corrected chi connectivity index (χ4v) is 2.95. The summed E-state index contributed by atoms with van der Waals surface area (Å²) in [6, 6.07) is 13.7. The van der Waals surface area contributed by atoms with Crippen molar-refractivity contribution in [2.75, 3.05) is 38.6 Å². The molecule has 5 nitrogen and oxygen atoms in total. The highest BCUT2D eigenvalue weighted by atomic mass is 19.1. The van der Waals surface area contributed by atoms with Gasteiger partial charge in [0.15, 0.2) is 0 Å². The van der Waals surface area contributed by atoms with Crippen LogP contribution < -0.4 is 10.1 Å². The Kier molecular flexibility index (Phi) is 5.50. The largest absolute Gasteiger partial charge is 0.496 e. The lowest BCUT2D eigenvalue weighted by Crippen LogP contribution is -2.49. The second-order valence-corrected chi connectivity index (χ2v) is 6.02. The Balaban J connectivity index is 1.52. The molecule has 0 saturated carbocycles. The number of methoxy groups -OCH3 is 1. The van der Waals surface area contributed by atoms with E-state index in [0.29, 0.717) is 18.8 Å². The Labute approximate surface area is 147 Å². The summed E-state index contributed by atoms with van der Waals surface area (Å²) in [7, 11) is 1.67. The van der Waals surface area contributed by atoms with Crippen LogP contribution in [0.5, 0.6) is 5.75 Å². The molecule has 0 bridgehead atoms. The van der Waals surface area contributed by atoms with E-state index < -0.39 is 0 Å². The van der Waals surface area contributed by atoms with Crippen LogP contribution in [-0.4, -0.2) is 49.1 Å². The maximum absolute atomic E-state index is 13.2. The molecule has 25 heavy (non-hydrogen) atoms. The number of hydrogen-bond acceptors (Lipinski definition) is 3. The SMILES string of the molecule is COc1ccccc1CN1CCN(C(=O)Nc2cccc(F)c2)CC1. The Morgan fingerprint density at radius 1 is 1.12 bits per heavy atom. The standard InChI is InChI=1S/C19H22FN3O2/c1-25-18-8-3-2-5-15(18)14-22-9-11-23(12-10-22)19(24)21-17-7-4-6-16(20)13-17/h2-8,13H,9-12,14H2,1H3,(H,21,24). The second-order valence-electron chi connectivity index (χ2n) is 6.02. The van der Waals surface area contributed by atoms with Crippen LogP contribution in [0.4, 0.5) is 14.9 Å². The number of piperazine rings is 1. The molecule has 1 aliphatic rings. The van der Waals surface area contributed by atoms with Gasteiger partial charge < -0.3 is 15.0 Å². The topological polar surface area (TPSA) is 44.8 Å². The normalized spacial score (nSPS) is 15.0. The molecule has 3 rings (SSSR count). The van der Waals surface area contributed by atoms with Gasteiger partial charge in [-0.25, -0.2) is 9.18 Å². The molecule has 1 saturated heterocycles. The van der Waals surface area contributed by atoms with Gasteiger partial charge in [0.2, 0.25) is 0 Å². The average Bonchev–Trinajstić information content (AvgIpc) is 2.63. The minimum atomic E-state index is -0.362. The molecule has 0 unspecified atom stereocenters. The molecule has 132 valence electrons. The van der Waals surface area contributed by atoms with E-state index in [1.807, 2.05) is 18.2 Å². The number of carbonyl (C=O) groups is 1. The molecule has 0 spiro atoms. The van der Waals surface area contributed by atoms with Gasteiger partial charge in [-0.15, -0.1) is 0 Å². The van der Waals surface area contributed by atoms with Gasteiger partial charge in [0.1, 0.15) is 11.6 Å². The van der Waals surface area contributed by atoms with E-state index in [9.17, 15) is 9.18 Å². The van der Waals surface area contributed by atoms with Crippen molar-refractivity contribution in [1.29, 1.82) is 0 Å². The second kappa shape index (κ2) is 7.98. The number of amides is 2. The van der Waals surface area contributed by atoms with Gasteiger partial charge in [-0.3, -0.25) is 4.90 Å². The Bertz CT molecular complexity index is 730. The van der Waals surface area contributed by atoms with Crippen molar-refractivity contribution >= 4 is 11.7 Å². The first kappa shape index (κ1) is 17.2. The number of para-hydroxylation sites is 1. The molecule has 0 radical (unpaired) electrons. The molecular formula is C19H22FN3O2. The summed E-state index contributed by atoms with van der Waals surface area (Å²) in [4.78, 5) is 16.3. The van der Waals surface area contributed by atoms with E-state index >= 15 is 0 Å². The van der Waals surface area contributed by atoms with Crippen LogP contribution in [0, 0.1) is 5.82 Å². The fraction of sp³-hybridized carbons (Fsp3) is 0.316. The predicted molar refractivity (Wildman–Crippen MR) is 95.3 cm³/mol. The zero-order valence-corrected chi connectivity index (χ0v) is 14.2. The number of halogens is 1. The van der Waals surface area contributed by atoms with Gasteiger partial charge in [0.25, 0.3) is 0 Å². The number of nitrogens with zero attached hydrogens (tertiary/aromatic N) is 2. The van der Waals surface area contributed by atoms with Crippen LogP contribution in [0.15, 0.2) is 48.5 Å². The number of carbonyl (C=O) groups excluding carboxylic acids is 1. The summed E-state index contributed by atoms with van der Waals surface area (Å²) < 4.78 is 18.6. The zero-order chi connectivity index (χ0) is 17.6. The molecule has 0 atom stereocenters.